The number of benzene rings is 1. The minimum Gasteiger partial charge on any atom is -0.388 e. The number of hydrogen-bond acceptors (Lipinski definition) is 5. The maximum Gasteiger partial charge on any atom is 0.142 e. The standard InChI is InChI=1S/C21H24N4O2/c26-17(12-19(27)16-6-2-1-3-7-16)11-15-5-4-10-25(13-15)21-18-8-9-22-20(18)23-14-24-21/h1-3,6-9,14-15,19,27H,4-5,10-13H2,(H,22,23,24)/t15?,19-/m1/s1. The van der Waals surface area contributed by atoms with Crippen LogP contribution in [-0.4, -0.2) is 38.9 Å². The molecule has 0 aliphatic carbocycles. The van der Waals surface area contributed by atoms with E-state index >= 15 is 0 Å². The summed E-state index contributed by atoms with van der Waals surface area (Å²) in [6.07, 6.45) is 5.48. The molecule has 1 aliphatic rings. The van der Waals surface area contributed by atoms with Crippen LogP contribution < -0.4 is 4.90 Å². The molecule has 140 valence electrons. The van der Waals surface area contributed by atoms with Crippen LogP contribution in [0.3, 0.4) is 0 Å². The number of fused-ring (bicyclic) bond motifs is 1. The van der Waals surface area contributed by atoms with E-state index in [0.717, 1.165) is 48.3 Å². The Morgan fingerprint density at radius 3 is 2.96 bits per heavy atom. The van der Waals surface area contributed by atoms with Gasteiger partial charge in [0.2, 0.25) is 0 Å². The molecule has 6 nitrogen and oxygen atoms in total. The van der Waals surface area contributed by atoms with E-state index in [9.17, 15) is 9.90 Å². The molecule has 1 saturated heterocycles. The van der Waals surface area contributed by atoms with Crippen molar-refractivity contribution in [3.05, 3.63) is 54.5 Å². The number of nitrogens with zero attached hydrogens (tertiary/aromatic N) is 3. The van der Waals surface area contributed by atoms with Gasteiger partial charge in [-0.05, 0) is 30.4 Å². The summed E-state index contributed by atoms with van der Waals surface area (Å²) in [5, 5.41) is 11.3. The number of Topliss-reactive ketones (excluding diaryl/α,β-unsaturated/α-hetero) is 1. The quantitative estimate of drug-likeness (QED) is 0.702. The van der Waals surface area contributed by atoms with Crippen LogP contribution in [0.4, 0.5) is 5.82 Å². The number of hydrogen-bond donors (Lipinski definition) is 2. The van der Waals surface area contributed by atoms with Crippen molar-refractivity contribution in [2.75, 3.05) is 18.0 Å². The number of nitrogens with one attached hydrogen (secondary N) is 1. The van der Waals surface area contributed by atoms with Crippen LogP contribution in [0.5, 0.6) is 0 Å². The van der Waals surface area contributed by atoms with Gasteiger partial charge >= 0.3 is 0 Å². The fourth-order valence-electron chi connectivity index (χ4n) is 3.95. The largest absolute Gasteiger partial charge is 0.388 e. The number of anilines is 1. The molecule has 2 aromatic heterocycles. The molecular formula is C21H24N4O2. The highest BCUT2D eigenvalue weighted by atomic mass is 16.3. The van der Waals surface area contributed by atoms with Gasteiger partial charge in [-0.2, -0.15) is 0 Å². The summed E-state index contributed by atoms with van der Waals surface area (Å²) >= 11 is 0. The van der Waals surface area contributed by atoms with Crippen molar-refractivity contribution in [3.63, 3.8) is 0 Å². The molecule has 0 amide bonds. The fraction of sp³-hybridized carbons (Fsp3) is 0.381. The predicted molar refractivity (Wildman–Crippen MR) is 104 cm³/mol. The van der Waals surface area contributed by atoms with Gasteiger partial charge in [0.15, 0.2) is 0 Å². The highest BCUT2D eigenvalue weighted by Crippen LogP contribution is 2.29. The van der Waals surface area contributed by atoms with Gasteiger partial charge < -0.3 is 15.0 Å². The van der Waals surface area contributed by atoms with E-state index in [2.05, 4.69) is 19.9 Å². The van der Waals surface area contributed by atoms with Gasteiger partial charge in [-0.3, -0.25) is 4.79 Å². The Bertz CT molecular complexity index is 909. The number of piperidine rings is 1. The van der Waals surface area contributed by atoms with Crippen LogP contribution in [0.2, 0.25) is 0 Å². The molecule has 2 N–H and O–H groups in total. The molecule has 1 aliphatic heterocycles. The van der Waals surface area contributed by atoms with Gasteiger partial charge in [-0.15, -0.1) is 0 Å². The van der Waals surface area contributed by atoms with Crippen molar-refractivity contribution >= 4 is 22.6 Å². The third-order valence-electron chi connectivity index (χ3n) is 5.27. The minimum absolute atomic E-state index is 0.118. The van der Waals surface area contributed by atoms with Crippen molar-refractivity contribution in [1.29, 1.82) is 0 Å². The van der Waals surface area contributed by atoms with Crippen LogP contribution in [0.15, 0.2) is 48.9 Å². The average molecular weight is 364 g/mol. The van der Waals surface area contributed by atoms with Gasteiger partial charge in [0.25, 0.3) is 0 Å². The molecule has 27 heavy (non-hydrogen) atoms. The third-order valence-corrected chi connectivity index (χ3v) is 5.27. The number of carbonyl (C=O) groups is 1. The average Bonchev–Trinajstić information content (AvgIpc) is 3.17. The number of rotatable bonds is 6. The van der Waals surface area contributed by atoms with E-state index in [1.807, 2.05) is 42.6 Å². The molecule has 3 aromatic rings. The van der Waals surface area contributed by atoms with Crippen molar-refractivity contribution in [3.8, 4) is 0 Å². The number of aliphatic hydroxyl groups excluding tert-OH is 1. The highest BCUT2D eigenvalue weighted by molar-refractivity contribution is 5.87. The first-order valence-electron chi connectivity index (χ1n) is 9.48. The zero-order chi connectivity index (χ0) is 18.6. The fourth-order valence-corrected chi connectivity index (χ4v) is 3.95. The number of aliphatic hydroxyl groups is 1. The molecule has 0 radical (unpaired) electrons. The summed E-state index contributed by atoms with van der Waals surface area (Å²) < 4.78 is 0. The molecule has 3 heterocycles. The first-order valence-corrected chi connectivity index (χ1v) is 9.48. The van der Waals surface area contributed by atoms with Gasteiger partial charge in [0.1, 0.15) is 23.6 Å². The molecule has 0 bridgehead atoms. The molecule has 1 unspecified atom stereocenters. The van der Waals surface area contributed by atoms with Gasteiger partial charge in [0, 0.05) is 32.1 Å². The normalized spacial score (nSPS) is 18.6. The Morgan fingerprint density at radius 2 is 2.11 bits per heavy atom. The van der Waals surface area contributed by atoms with Gasteiger partial charge in [-0.25, -0.2) is 9.97 Å². The third kappa shape index (κ3) is 4.01. The van der Waals surface area contributed by atoms with E-state index < -0.39 is 6.10 Å². The van der Waals surface area contributed by atoms with Crippen LogP contribution in [-0.2, 0) is 4.79 Å². The van der Waals surface area contributed by atoms with E-state index in [0.29, 0.717) is 6.42 Å². The Hall–Kier alpha value is -2.73. The number of H-pyrrole nitrogens is 1. The zero-order valence-corrected chi connectivity index (χ0v) is 15.2. The van der Waals surface area contributed by atoms with Crippen LogP contribution in [0, 0.1) is 5.92 Å². The Labute approximate surface area is 158 Å². The summed E-state index contributed by atoms with van der Waals surface area (Å²) in [5.41, 5.74) is 1.64. The number of aromatic nitrogens is 3. The monoisotopic (exact) mass is 364 g/mol. The second-order valence-corrected chi connectivity index (χ2v) is 7.26. The molecule has 2 atom stereocenters. The van der Waals surface area contributed by atoms with Crippen molar-refractivity contribution < 1.29 is 9.90 Å². The predicted octanol–water partition coefficient (Wildman–Crippen LogP) is 3.26. The summed E-state index contributed by atoms with van der Waals surface area (Å²) in [6, 6.07) is 11.4. The minimum atomic E-state index is -0.722. The zero-order valence-electron chi connectivity index (χ0n) is 15.2. The highest BCUT2D eigenvalue weighted by Gasteiger charge is 2.25. The van der Waals surface area contributed by atoms with Gasteiger partial charge in [-0.1, -0.05) is 30.3 Å². The molecular weight excluding hydrogens is 340 g/mol. The van der Waals surface area contributed by atoms with Crippen LogP contribution >= 0.6 is 0 Å². The number of ketones is 1. The van der Waals surface area contributed by atoms with Crippen molar-refractivity contribution in [2.24, 2.45) is 5.92 Å². The van der Waals surface area contributed by atoms with Crippen molar-refractivity contribution in [1.82, 2.24) is 15.0 Å². The van der Waals surface area contributed by atoms with E-state index in [1.165, 1.54) is 0 Å². The first kappa shape index (κ1) is 17.7. The summed E-state index contributed by atoms with van der Waals surface area (Å²) in [5.74, 6) is 1.34. The Kier molecular flexibility index (Phi) is 5.16. The number of aromatic amines is 1. The smallest absolute Gasteiger partial charge is 0.142 e. The second-order valence-electron chi connectivity index (χ2n) is 7.26. The van der Waals surface area contributed by atoms with Crippen LogP contribution in [0.1, 0.15) is 37.4 Å². The lowest BCUT2D eigenvalue weighted by Gasteiger charge is -2.33. The summed E-state index contributed by atoms with van der Waals surface area (Å²) in [4.78, 5) is 26.6. The lowest BCUT2D eigenvalue weighted by molar-refractivity contribution is -0.122. The van der Waals surface area contributed by atoms with Crippen molar-refractivity contribution in [2.45, 2.75) is 31.8 Å². The van der Waals surface area contributed by atoms with E-state index in [1.54, 1.807) is 6.33 Å². The number of carbonyl (C=O) groups excluding carboxylic acids is 1. The topological polar surface area (TPSA) is 82.1 Å². The lowest BCUT2D eigenvalue weighted by atomic mass is 9.90. The van der Waals surface area contributed by atoms with Gasteiger partial charge in [0.05, 0.1) is 11.5 Å². The summed E-state index contributed by atoms with van der Waals surface area (Å²) in [7, 11) is 0. The Morgan fingerprint density at radius 1 is 1.26 bits per heavy atom. The molecule has 1 aromatic carbocycles. The first-order chi connectivity index (χ1) is 13.2. The van der Waals surface area contributed by atoms with Crippen LogP contribution in [0.25, 0.3) is 11.0 Å². The second kappa shape index (κ2) is 7.88. The molecule has 6 heteroatoms. The molecule has 1 fully saturated rings. The Balaban J connectivity index is 1.38. The lowest BCUT2D eigenvalue weighted by Crippen LogP contribution is -2.37. The molecule has 4 rings (SSSR count). The van der Waals surface area contributed by atoms with E-state index in [-0.39, 0.29) is 18.1 Å². The summed E-state index contributed by atoms with van der Waals surface area (Å²) in [6.45, 7) is 1.75. The maximum absolute atomic E-state index is 12.5. The van der Waals surface area contributed by atoms with E-state index in [4.69, 9.17) is 0 Å². The SMILES string of the molecule is O=C(CC1CCCN(c2ncnc3[nH]ccc23)C1)C[C@@H](O)c1ccccc1. The molecule has 0 spiro atoms. The molecule has 0 saturated carbocycles. The maximum atomic E-state index is 12.5.